The van der Waals surface area contributed by atoms with Gasteiger partial charge in [-0.2, -0.15) is 0 Å². The summed E-state index contributed by atoms with van der Waals surface area (Å²) in [6.45, 7) is 3.82. The molecule has 0 spiro atoms. The van der Waals surface area contributed by atoms with E-state index < -0.39 is 0 Å². The van der Waals surface area contributed by atoms with Crippen LogP contribution in [0.1, 0.15) is 31.7 Å². The highest BCUT2D eigenvalue weighted by atomic mass is 19.1. The van der Waals surface area contributed by atoms with Crippen LogP contribution in [-0.2, 0) is 6.54 Å². The molecule has 1 aliphatic carbocycles. The maximum atomic E-state index is 14.1. The minimum absolute atomic E-state index is 0.0851. The Bertz CT molecular complexity index is 374. The molecule has 0 radical (unpaired) electrons. The molecule has 2 nitrogen and oxygen atoms in total. The molecule has 0 atom stereocenters. The summed E-state index contributed by atoms with van der Waals surface area (Å²) < 4.78 is 14.1. The fraction of sp³-hybridized carbons (Fsp3) is 0.571. The molecule has 3 heteroatoms. The molecule has 94 valence electrons. The lowest BCUT2D eigenvalue weighted by Crippen LogP contribution is -2.29. The van der Waals surface area contributed by atoms with Crippen molar-refractivity contribution >= 4 is 5.69 Å². The Labute approximate surface area is 103 Å². The van der Waals surface area contributed by atoms with Crippen molar-refractivity contribution in [2.24, 2.45) is 0 Å². The fourth-order valence-electron chi connectivity index (χ4n) is 2.32. The highest BCUT2D eigenvalue weighted by Crippen LogP contribution is 2.35. The van der Waals surface area contributed by atoms with Crippen LogP contribution >= 0.6 is 0 Å². The molecular weight excluding hydrogens is 215 g/mol. The van der Waals surface area contributed by atoms with Crippen molar-refractivity contribution in [2.45, 2.75) is 38.8 Å². The Morgan fingerprint density at radius 3 is 2.76 bits per heavy atom. The van der Waals surface area contributed by atoms with Gasteiger partial charge in [0.1, 0.15) is 5.82 Å². The van der Waals surface area contributed by atoms with Crippen LogP contribution in [0.4, 0.5) is 10.1 Å². The van der Waals surface area contributed by atoms with Crippen LogP contribution in [0.15, 0.2) is 18.2 Å². The maximum absolute atomic E-state index is 14.1. The van der Waals surface area contributed by atoms with E-state index in [-0.39, 0.29) is 5.82 Å². The SMILES string of the molecule is CCCN(c1c(F)cccc1CNC)C1CC1. The number of halogens is 1. The lowest BCUT2D eigenvalue weighted by molar-refractivity contribution is 0.608. The number of rotatable bonds is 6. The number of benzene rings is 1. The Morgan fingerprint density at radius 1 is 1.41 bits per heavy atom. The van der Waals surface area contributed by atoms with E-state index >= 15 is 0 Å². The van der Waals surface area contributed by atoms with E-state index in [1.807, 2.05) is 13.1 Å². The smallest absolute Gasteiger partial charge is 0.146 e. The molecule has 0 heterocycles. The minimum atomic E-state index is -0.0851. The molecule has 0 saturated heterocycles. The predicted octanol–water partition coefficient (Wildman–Crippen LogP) is 2.92. The quantitative estimate of drug-likeness (QED) is 0.817. The Hall–Kier alpha value is -1.09. The van der Waals surface area contributed by atoms with Crippen molar-refractivity contribution in [3.05, 3.63) is 29.6 Å². The number of nitrogens with one attached hydrogen (secondary N) is 1. The number of para-hydroxylation sites is 1. The van der Waals surface area contributed by atoms with Gasteiger partial charge in [0.15, 0.2) is 0 Å². The van der Waals surface area contributed by atoms with E-state index in [1.165, 1.54) is 12.8 Å². The number of hydrogen-bond acceptors (Lipinski definition) is 2. The summed E-state index contributed by atoms with van der Waals surface area (Å²) in [7, 11) is 1.90. The zero-order valence-electron chi connectivity index (χ0n) is 10.7. The van der Waals surface area contributed by atoms with E-state index in [9.17, 15) is 4.39 Å². The van der Waals surface area contributed by atoms with Crippen molar-refractivity contribution in [1.82, 2.24) is 5.32 Å². The molecule has 1 saturated carbocycles. The molecule has 0 amide bonds. The van der Waals surface area contributed by atoms with E-state index in [0.29, 0.717) is 6.04 Å². The fourth-order valence-corrected chi connectivity index (χ4v) is 2.32. The van der Waals surface area contributed by atoms with Crippen molar-refractivity contribution in [3.8, 4) is 0 Å². The lowest BCUT2D eigenvalue weighted by atomic mass is 10.1. The van der Waals surface area contributed by atoms with Gasteiger partial charge in [-0.05, 0) is 37.9 Å². The molecule has 1 aromatic carbocycles. The third-order valence-electron chi connectivity index (χ3n) is 3.18. The molecule has 1 aliphatic rings. The van der Waals surface area contributed by atoms with E-state index in [0.717, 1.165) is 30.8 Å². The third-order valence-corrected chi connectivity index (χ3v) is 3.18. The third kappa shape index (κ3) is 2.78. The molecule has 0 bridgehead atoms. The van der Waals surface area contributed by atoms with Crippen LogP contribution in [0.5, 0.6) is 0 Å². The van der Waals surface area contributed by atoms with Gasteiger partial charge in [0.2, 0.25) is 0 Å². The largest absolute Gasteiger partial charge is 0.366 e. The van der Waals surface area contributed by atoms with Gasteiger partial charge in [-0.25, -0.2) is 4.39 Å². The number of hydrogen-bond donors (Lipinski definition) is 1. The Morgan fingerprint density at radius 2 is 2.18 bits per heavy atom. The summed E-state index contributed by atoms with van der Waals surface area (Å²) in [5, 5.41) is 3.11. The molecular formula is C14H21FN2. The summed E-state index contributed by atoms with van der Waals surface area (Å²) in [6.07, 6.45) is 3.46. The second-order valence-corrected chi connectivity index (χ2v) is 4.70. The van der Waals surface area contributed by atoms with Crippen molar-refractivity contribution < 1.29 is 4.39 Å². The first-order valence-electron chi connectivity index (χ1n) is 6.46. The lowest BCUT2D eigenvalue weighted by Gasteiger charge is -2.27. The van der Waals surface area contributed by atoms with Gasteiger partial charge in [0, 0.05) is 19.1 Å². The Balaban J connectivity index is 2.32. The van der Waals surface area contributed by atoms with Gasteiger partial charge < -0.3 is 10.2 Å². The van der Waals surface area contributed by atoms with Crippen LogP contribution in [0.2, 0.25) is 0 Å². The first-order valence-corrected chi connectivity index (χ1v) is 6.46. The average Bonchev–Trinajstić information content (AvgIpc) is 3.12. The van der Waals surface area contributed by atoms with Gasteiger partial charge >= 0.3 is 0 Å². The summed E-state index contributed by atoms with van der Waals surface area (Å²) in [5.41, 5.74) is 1.87. The van der Waals surface area contributed by atoms with E-state index in [4.69, 9.17) is 0 Å². The van der Waals surface area contributed by atoms with E-state index in [2.05, 4.69) is 17.1 Å². The standard InChI is InChI=1S/C14H21FN2/c1-3-9-17(12-7-8-12)14-11(10-16-2)5-4-6-13(14)15/h4-6,12,16H,3,7-10H2,1-2H3. The van der Waals surface area contributed by atoms with Crippen LogP contribution < -0.4 is 10.2 Å². The summed E-state index contributed by atoms with van der Waals surface area (Å²) in [6, 6.07) is 5.93. The average molecular weight is 236 g/mol. The van der Waals surface area contributed by atoms with Gasteiger partial charge in [0.05, 0.1) is 5.69 Å². The number of nitrogens with zero attached hydrogens (tertiary/aromatic N) is 1. The topological polar surface area (TPSA) is 15.3 Å². The molecule has 17 heavy (non-hydrogen) atoms. The predicted molar refractivity (Wildman–Crippen MR) is 69.8 cm³/mol. The molecule has 0 aliphatic heterocycles. The highest BCUT2D eigenvalue weighted by Gasteiger charge is 2.31. The molecule has 1 N–H and O–H groups in total. The summed E-state index contributed by atoms with van der Waals surface area (Å²) in [4.78, 5) is 2.25. The minimum Gasteiger partial charge on any atom is -0.366 e. The van der Waals surface area contributed by atoms with Gasteiger partial charge in [0.25, 0.3) is 0 Å². The second kappa shape index (κ2) is 5.50. The number of anilines is 1. The first-order chi connectivity index (χ1) is 8.27. The molecule has 1 aromatic rings. The summed E-state index contributed by atoms with van der Waals surface area (Å²) in [5.74, 6) is -0.0851. The van der Waals surface area contributed by atoms with Crippen molar-refractivity contribution in [1.29, 1.82) is 0 Å². The van der Waals surface area contributed by atoms with Crippen LogP contribution in [0, 0.1) is 5.82 Å². The molecule has 2 rings (SSSR count). The van der Waals surface area contributed by atoms with Crippen LogP contribution in [-0.4, -0.2) is 19.6 Å². The first kappa shape index (κ1) is 12.4. The molecule has 1 fully saturated rings. The van der Waals surface area contributed by atoms with E-state index in [1.54, 1.807) is 12.1 Å². The van der Waals surface area contributed by atoms with Gasteiger partial charge in [-0.3, -0.25) is 0 Å². The maximum Gasteiger partial charge on any atom is 0.146 e. The molecule has 0 aromatic heterocycles. The molecule has 0 unspecified atom stereocenters. The zero-order valence-corrected chi connectivity index (χ0v) is 10.7. The Kier molecular flexibility index (Phi) is 4.00. The monoisotopic (exact) mass is 236 g/mol. The summed E-state index contributed by atoms with van der Waals surface area (Å²) >= 11 is 0. The second-order valence-electron chi connectivity index (χ2n) is 4.70. The zero-order chi connectivity index (χ0) is 12.3. The van der Waals surface area contributed by atoms with Crippen molar-refractivity contribution in [2.75, 3.05) is 18.5 Å². The van der Waals surface area contributed by atoms with Gasteiger partial charge in [-0.15, -0.1) is 0 Å². The van der Waals surface area contributed by atoms with Crippen LogP contribution in [0.25, 0.3) is 0 Å². The normalized spacial score (nSPS) is 15.0. The van der Waals surface area contributed by atoms with Gasteiger partial charge in [-0.1, -0.05) is 19.1 Å². The highest BCUT2D eigenvalue weighted by molar-refractivity contribution is 5.56. The van der Waals surface area contributed by atoms with Crippen molar-refractivity contribution in [3.63, 3.8) is 0 Å². The van der Waals surface area contributed by atoms with Crippen LogP contribution in [0.3, 0.4) is 0 Å².